The number of phenolic OH excluding ortho intramolecular Hbond substituents is 1. The molecule has 2 aromatic carbocycles. The Morgan fingerprint density at radius 3 is 2.44 bits per heavy atom. The van der Waals surface area contributed by atoms with Crippen LogP contribution < -0.4 is 5.32 Å². The van der Waals surface area contributed by atoms with Crippen LogP contribution in [0.4, 0.5) is 5.69 Å². The molecule has 7 heteroatoms. The molecule has 0 heterocycles. The molecule has 130 valence electrons. The minimum absolute atomic E-state index is 0.0749. The Morgan fingerprint density at radius 1 is 1.04 bits per heavy atom. The minimum Gasteiger partial charge on any atom is -0.508 e. The van der Waals surface area contributed by atoms with Crippen molar-refractivity contribution >= 4 is 23.5 Å². The van der Waals surface area contributed by atoms with E-state index in [2.05, 4.69) is 10.1 Å². The third-order valence-corrected chi connectivity index (χ3v) is 3.35. The number of esters is 2. The topological polar surface area (TPSA) is 102 Å². The maximum Gasteiger partial charge on any atom is 0.338 e. The van der Waals surface area contributed by atoms with E-state index in [1.165, 1.54) is 37.4 Å². The molecule has 0 radical (unpaired) electrons. The summed E-state index contributed by atoms with van der Waals surface area (Å²) in [7, 11) is 1.27. The van der Waals surface area contributed by atoms with Crippen molar-refractivity contribution in [3.63, 3.8) is 0 Å². The lowest BCUT2D eigenvalue weighted by Crippen LogP contribution is -2.21. The van der Waals surface area contributed by atoms with Crippen molar-refractivity contribution in [1.82, 2.24) is 0 Å². The smallest absolute Gasteiger partial charge is 0.338 e. The third-order valence-electron chi connectivity index (χ3n) is 3.35. The molecule has 0 bridgehead atoms. The Labute approximate surface area is 144 Å². The van der Waals surface area contributed by atoms with Gasteiger partial charge in [0.25, 0.3) is 5.91 Å². The van der Waals surface area contributed by atoms with E-state index in [-0.39, 0.29) is 11.3 Å². The molecule has 0 saturated carbocycles. The average molecular weight is 343 g/mol. The van der Waals surface area contributed by atoms with Crippen LogP contribution in [0.5, 0.6) is 5.75 Å². The van der Waals surface area contributed by atoms with E-state index in [1.54, 1.807) is 19.1 Å². The molecule has 0 unspecified atom stereocenters. The molecule has 2 rings (SSSR count). The molecule has 0 aliphatic heterocycles. The Hall–Kier alpha value is -3.35. The van der Waals surface area contributed by atoms with Crippen LogP contribution >= 0.6 is 0 Å². The number of aromatic hydroxyl groups is 1. The van der Waals surface area contributed by atoms with Crippen molar-refractivity contribution in [2.24, 2.45) is 0 Å². The van der Waals surface area contributed by atoms with Crippen molar-refractivity contribution in [2.75, 3.05) is 19.0 Å². The minimum atomic E-state index is -0.730. The maximum absolute atomic E-state index is 12.0. The van der Waals surface area contributed by atoms with Gasteiger partial charge in [-0.3, -0.25) is 4.79 Å². The molecule has 25 heavy (non-hydrogen) atoms. The highest BCUT2D eigenvalue weighted by atomic mass is 16.5. The Kier molecular flexibility index (Phi) is 5.73. The average Bonchev–Trinajstić information content (AvgIpc) is 2.60. The number of amides is 1. The van der Waals surface area contributed by atoms with E-state index in [9.17, 15) is 19.5 Å². The fourth-order valence-corrected chi connectivity index (χ4v) is 2.04. The van der Waals surface area contributed by atoms with Gasteiger partial charge >= 0.3 is 11.9 Å². The Morgan fingerprint density at radius 2 is 1.76 bits per heavy atom. The fourth-order valence-electron chi connectivity index (χ4n) is 2.04. The first-order valence-corrected chi connectivity index (χ1v) is 7.35. The number of anilines is 1. The molecule has 0 aliphatic carbocycles. The second-order valence-corrected chi connectivity index (χ2v) is 5.20. The van der Waals surface area contributed by atoms with Crippen LogP contribution in [0.3, 0.4) is 0 Å². The van der Waals surface area contributed by atoms with Gasteiger partial charge in [0.05, 0.1) is 18.2 Å². The summed E-state index contributed by atoms with van der Waals surface area (Å²) in [5.41, 5.74) is 1.58. The first-order chi connectivity index (χ1) is 11.9. The summed E-state index contributed by atoms with van der Waals surface area (Å²) >= 11 is 0. The van der Waals surface area contributed by atoms with Gasteiger partial charge in [0.1, 0.15) is 5.75 Å². The highest BCUT2D eigenvalue weighted by Gasteiger charge is 2.13. The van der Waals surface area contributed by atoms with Crippen LogP contribution in [-0.4, -0.2) is 36.7 Å². The number of methoxy groups -OCH3 is 1. The monoisotopic (exact) mass is 343 g/mol. The number of benzene rings is 2. The van der Waals surface area contributed by atoms with Crippen LogP contribution in [-0.2, 0) is 14.3 Å². The number of phenols is 1. The number of aryl methyl sites for hydroxylation is 1. The molecule has 7 nitrogen and oxygen atoms in total. The summed E-state index contributed by atoms with van der Waals surface area (Å²) < 4.78 is 9.53. The Balaban J connectivity index is 1.98. The normalized spacial score (nSPS) is 10.0. The lowest BCUT2D eigenvalue weighted by atomic mass is 10.1. The van der Waals surface area contributed by atoms with Crippen LogP contribution in [0.1, 0.15) is 26.3 Å². The van der Waals surface area contributed by atoms with Gasteiger partial charge in [-0.2, -0.15) is 0 Å². The molecule has 0 fully saturated rings. The largest absolute Gasteiger partial charge is 0.508 e. The van der Waals surface area contributed by atoms with Gasteiger partial charge in [-0.25, -0.2) is 9.59 Å². The number of nitrogens with one attached hydrogen (secondary N) is 1. The molecule has 1 amide bonds. The van der Waals surface area contributed by atoms with E-state index < -0.39 is 24.5 Å². The highest BCUT2D eigenvalue weighted by molar-refractivity contribution is 5.97. The summed E-state index contributed by atoms with van der Waals surface area (Å²) in [6.45, 7) is 1.26. The van der Waals surface area contributed by atoms with E-state index >= 15 is 0 Å². The molecule has 0 atom stereocenters. The van der Waals surface area contributed by atoms with E-state index in [0.29, 0.717) is 11.3 Å². The number of carbonyl (C=O) groups excluding carboxylic acids is 3. The number of hydrogen-bond donors (Lipinski definition) is 2. The maximum atomic E-state index is 12.0. The first kappa shape index (κ1) is 18.0. The Bertz CT molecular complexity index is 815. The summed E-state index contributed by atoms with van der Waals surface area (Å²) in [6, 6.07) is 10.3. The standard InChI is InChI=1S/C18H17NO6/c1-11-6-7-13(17(22)24-2)9-15(11)19-16(21)10-25-18(23)12-4-3-5-14(20)8-12/h3-9,20H,10H2,1-2H3,(H,19,21). The predicted molar refractivity (Wildman–Crippen MR) is 89.5 cm³/mol. The molecule has 0 aliphatic rings. The second-order valence-electron chi connectivity index (χ2n) is 5.20. The van der Waals surface area contributed by atoms with E-state index in [0.717, 1.165) is 5.56 Å². The van der Waals surface area contributed by atoms with Gasteiger partial charge in [0.15, 0.2) is 6.61 Å². The van der Waals surface area contributed by atoms with Crippen LogP contribution in [0, 0.1) is 6.92 Å². The lowest BCUT2D eigenvalue weighted by Gasteiger charge is -2.10. The number of rotatable bonds is 5. The van der Waals surface area contributed by atoms with Gasteiger partial charge in [-0.05, 0) is 42.8 Å². The number of hydrogen-bond acceptors (Lipinski definition) is 6. The predicted octanol–water partition coefficient (Wildman–Crippen LogP) is 2.28. The van der Waals surface area contributed by atoms with Gasteiger partial charge in [-0.15, -0.1) is 0 Å². The molecule has 0 saturated heterocycles. The zero-order valence-electron chi connectivity index (χ0n) is 13.7. The van der Waals surface area contributed by atoms with Gasteiger partial charge in [-0.1, -0.05) is 12.1 Å². The first-order valence-electron chi connectivity index (χ1n) is 7.35. The summed E-state index contributed by atoms with van der Waals surface area (Å²) in [5, 5.41) is 11.9. The van der Waals surface area contributed by atoms with E-state index in [1.807, 2.05) is 0 Å². The molecule has 2 aromatic rings. The second kappa shape index (κ2) is 7.96. The number of ether oxygens (including phenoxy) is 2. The van der Waals surface area contributed by atoms with Crippen molar-refractivity contribution in [2.45, 2.75) is 6.92 Å². The quantitative estimate of drug-likeness (QED) is 0.808. The molecular formula is C18H17NO6. The molecule has 0 aromatic heterocycles. The molecule has 0 spiro atoms. The fraction of sp³-hybridized carbons (Fsp3) is 0.167. The SMILES string of the molecule is COC(=O)c1ccc(C)c(NC(=O)COC(=O)c2cccc(O)c2)c1. The van der Waals surface area contributed by atoms with Crippen molar-refractivity contribution in [3.8, 4) is 5.75 Å². The van der Waals surface area contributed by atoms with Crippen LogP contribution in [0.25, 0.3) is 0 Å². The van der Waals surface area contributed by atoms with Gasteiger partial charge in [0, 0.05) is 5.69 Å². The lowest BCUT2D eigenvalue weighted by molar-refractivity contribution is -0.119. The summed E-state index contributed by atoms with van der Waals surface area (Å²) in [5.74, 6) is -1.88. The summed E-state index contributed by atoms with van der Waals surface area (Å²) in [4.78, 5) is 35.3. The molecular weight excluding hydrogens is 326 g/mol. The van der Waals surface area contributed by atoms with Crippen molar-refractivity contribution in [1.29, 1.82) is 0 Å². The highest BCUT2D eigenvalue weighted by Crippen LogP contribution is 2.18. The van der Waals surface area contributed by atoms with Gasteiger partial charge in [0.2, 0.25) is 0 Å². The van der Waals surface area contributed by atoms with Crippen LogP contribution in [0.15, 0.2) is 42.5 Å². The van der Waals surface area contributed by atoms with Gasteiger partial charge < -0.3 is 19.9 Å². The third kappa shape index (κ3) is 4.81. The van der Waals surface area contributed by atoms with Crippen molar-refractivity contribution in [3.05, 3.63) is 59.2 Å². The summed E-state index contributed by atoms with van der Waals surface area (Å²) in [6.07, 6.45) is 0. The number of carbonyl (C=O) groups is 3. The molecule has 2 N–H and O–H groups in total. The van der Waals surface area contributed by atoms with E-state index in [4.69, 9.17) is 4.74 Å². The zero-order chi connectivity index (χ0) is 18.4. The zero-order valence-corrected chi connectivity index (χ0v) is 13.7. The van der Waals surface area contributed by atoms with Crippen LogP contribution in [0.2, 0.25) is 0 Å². The van der Waals surface area contributed by atoms with Crippen molar-refractivity contribution < 1.29 is 29.0 Å².